The number of benzene rings is 1. The van der Waals surface area contributed by atoms with E-state index in [4.69, 9.17) is 0 Å². The Labute approximate surface area is 69.2 Å². The fourth-order valence-corrected chi connectivity index (χ4v) is 0.478. The van der Waals surface area contributed by atoms with Crippen molar-refractivity contribution < 1.29 is 18.6 Å². The van der Waals surface area contributed by atoms with Gasteiger partial charge in [-0.05, 0) is 0 Å². The summed E-state index contributed by atoms with van der Waals surface area (Å²) in [5, 5.41) is 0. The van der Waals surface area contributed by atoms with Crippen LogP contribution in [0.2, 0.25) is 0 Å². The first-order chi connectivity index (χ1) is 3.39. The van der Waals surface area contributed by atoms with Crippen LogP contribution in [0.4, 0.5) is 0 Å². The largest absolute Gasteiger partial charge is 2.00 e. The van der Waals surface area contributed by atoms with Gasteiger partial charge in [0, 0.05) is 0 Å². The van der Waals surface area contributed by atoms with Crippen molar-refractivity contribution >= 4 is 0 Å². The van der Waals surface area contributed by atoms with Crippen LogP contribution in [-0.4, -0.2) is 0 Å². The molecular weight excluding hydrogens is 147 g/mol. The minimum Gasteiger partial charge on any atom is -0.358 e. The molecule has 0 nitrogen and oxygen atoms in total. The van der Waals surface area contributed by atoms with Crippen LogP contribution in [0, 0.1) is 14.4 Å². The summed E-state index contributed by atoms with van der Waals surface area (Å²) in [6.45, 7) is 3.72. The first-order valence-corrected chi connectivity index (χ1v) is 2.26. The van der Waals surface area contributed by atoms with Crippen LogP contribution in [0.1, 0.15) is 5.56 Å². The van der Waals surface area contributed by atoms with Crippen molar-refractivity contribution in [1.29, 1.82) is 0 Å². The zero-order chi connectivity index (χ0) is 5.11. The molecule has 1 radical (unpaired) electrons. The molecule has 47 valence electrons. The molecule has 0 atom stereocenters. The van der Waals surface area contributed by atoms with Crippen LogP contribution >= 0.6 is 0 Å². The van der Waals surface area contributed by atoms with Gasteiger partial charge in [0.1, 0.15) is 0 Å². The van der Waals surface area contributed by atoms with Gasteiger partial charge in [0.15, 0.2) is 0 Å². The van der Waals surface area contributed by atoms with Crippen LogP contribution in [0.25, 0.3) is 0 Å². The van der Waals surface area contributed by atoms with E-state index in [1.54, 1.807) is 0 Å². The molecule has 0 aliphatic rings. The fraction of sp³-hybridized carbons (Fsp3) is 0. The van der Waals surface area contributed by atoms with Crippen molar-refractivity contribution in [2.75, 3.05) is 0 Å². The minimum absolute atomic E-state index is 0. The number of rotatable bonds is 0. The molecule has 1 rings (SSSR count). The van der Waals surface area contributed by atoms with Gasteiger partial charge >= 0.3 is 18.6 Å². The van der Waals surface area contributed by atoms with E-state index >= 15 is 0 Å². The summed E-state index contributed by atoms with van der Waals surface area (Å²) in [6, 6.07) is 9.87. The average Bonchev–Trinajstić information content (AvgIpc) is 1.69. The summed E-state index contributed by atoms with van der Waals surface area (Å²) >= 11 is 0. The van der Waals surface area contributed by atoms with E-state index in [-0.39, 0.29) is 26.0 Å². The summed E-state index contributed by atoms with van der Waals surface area (Å²) in [4.78, 5) is 0. The molecule has 0 fully saturated rings. The Hall–Kier alpha value is -0.326. The van der Waals surface area contributed by atoms with Gasteiger partial charge in [-0.1, -0.05) is 6.07 Å². The van der Waals surface area contributed by atoms with Gasteiger partial charge in [0.25, 0.3) is 0 Å². The van der Waals surface area contributed by atoms with E-state index in [1.165, 1.54) is 0 Å². The number of hydrogen-bond acceptors (Lipinski definition) is 0. The van der Waals surface area contributed by atoms with E-state index in [0.717, 1.165) is 5.56 Å². The topological polar surface area (TPSA) is 0 Å². The predicted molar refractivity (Wildman–Crippen MR) is 37.3 cm³/mol. The maximum absolute atomic E-state index is 3.72. The third-order valence-electron chi connectivity index (χ3n) is 0.843. The molecule has 0 aliphatic heterocycles. The van der Waals surface area contributed by atoms with Gasteiger partial charge in [0.05, 0.1) is 0 Å². The van der Waals surface area contributed by atoms with Gasteiger partial charge < -0.3 is 7.43 Å². The molecular formula is C8H10V. The normalized spacial score (nSPS) is 6.67. The van der Waals surface area contributed by atoms with Crippen molar-refractivity contribution in [2.24, 2.45) is 0 Å². The van der Waals surface area contributed by atoms with Gasteiger partial charge in [-0.25, -0.2) is 0 Å². The van der Waals surface area contributed by atoms with E-state index < -0.39 is 0 Å². The maximum atomic E-state index is 3.72. The molecule has 0 unspecified atom stereocenters. The zero-order valence-electron chi connectivity index (χ0n) is 5.54. The SMILES string of the molecule is [CH2-]c1ccccc1.[CH3-].[V+2]. The quantitative estimate of drug-likeness (QED) is 0.507. The molecule has 0 aliphatic carbocycles. The van der Waals surface area contributed by atoms with E-state index in [0.29, 0.717) is 0 Å². The van der Waals surface area contributed by atoms with Crippen LogP contribution in [0.5, 0.6) is 0 Å². The first-order valence-electron chi connectivity index (χ1n) is 2.26. The molecule has 0 saturated carbocycles. The van der Waals surface area contributed by atoms with Crippen molar-refractivity contribution in [2.45, 2.75) is 0 Å². The van der Waals surface area contributed by atoms with Crippen LogP contribution in [-0.2, 0) is 18.6 Å². The molecule has 1 aromatic carbocycles. The molecule has 1 aromatic rings. The minimum atomic E-state index is 0. The molecule has 0 aromatic heterocycles. The summed E-state index contributed by atoms with van der Waals surface area (Å²) in [5.74, 6) is 0. The summed E-state index contributed by atoms with van der Waals surface area (Å²) in [7, 11) is 0. The van der Waals surface area contributed by atoms with E-state index in [1.807, 2.05) is 30.3 Å². The maximum Gasteiger partial charge on any atom is 2.00 e. The molecule has 0 N–H and O–H groups in total. The average molecular weight is 157 g/mol. The predicted octanol–water partition coefficient (Wildman–Crippen LogP) is 2.32. The van der Waals surface area contributed by atoms with Gasteiger partial charge in [-0.3, -0.25) is 0 Å². The van der Waals surface area contributed by atoms with Gasteiger partial charge in [-0.15, -0.1) is 12.1 Å². The van der Waals surface area contributed by atoms with Gasteiger partial charge in [0.2, 0.25) is 0 Å². The van der Waals surface area contributed by atoms with Crippen molar-refractivity contribution in [1.82, 2.24) is 0 Å². The zero-order valence-corrected chi connectivity index (χ0v) is 6.94. The molecule has 0 bridgehead atoms. The monoisotopic (exact) mass is 157 g/mol. The van der Waals surface area contributed by atoms with Crippen LogP contribution in [0.3, 0.4) is 0 Å². The molecule has 0 saturated heterocycles. The van der Waals surface area contributed by atoms with Crippen LogP contribution < -0.4 is 0 Å². The Bertz CT molecular complexity index is 134. The molecule has 0 amide bonds. The van der Waals surface area contributed by atoms with E-state index in [2.05, 4.69) is 6.92 Å². The van der Waals surface area contributed by atoms with E-state index in [9.17, 15) is 0 Å². The third kappa shape index (κ3) is 4.20. The number of hydrogen-bond donors (Lipinski definition) is 0. The Morgan fingerprint density at radius 1 is 1.00 bits per heavy atom. The molecule has 1 heteroatoms. The fourth-order valence-electron chi connectivity index (χ4n) is 0.478. The van der Waals surface area contributed by atoms with Crippen LogP contribution in [0.15, 0.2) is 30.3 Å². The third-order valence-corrected chi connectivity index (χ3v) is 0.843. The standard InChI is InChI=1S/C7H7.CH3.V/c1-7-5-3-2-4-6-7;;/h2-6H,1H2;1H3;/q2*-1;+2. The summed E-state index contributed by atoms with van der Waals surface area (Å²) in [5.41, 5.74) is 1.07. The Balaban J connectivity index is 0. The molecule has 0 spiro atoms. The van der Waals surface area contributed by atoms with Crippen molar-refractivity contribution in [3.05, 3.63) is 50.2 Å². The second-order valence-corrected chi connectivity index (χ2v) is 1.49. The van der Waals surface area contributed by atoms with Gasteiger partial charge in [-0.2, -0.15) is 24.6 Å². The summed E-state index contributed by atoms with van der Waals surface area (Å²) in [6.07, 6.45) is 0. The second-order valence-electron chi connectivity index (χ2n) is 1.49. The molecule has 9 heavy (non-hydrogen) atoms. The molecule has 0 heterocycles. The van der Waals surface area contributed by atoms with Crippen molar-refractivity contribution in [3.63, 3.8) is 0 Å². The first kappa shape index (κ1) is 11.5. The Morgan fingerprint density at radius 3 is 1.67 bits per heavy atom. The summed E-state index contributed by atoms with van der Waals surface area (Å²) < 4.78 is 0. The Kier molecular flexibility index (Phi) is 7.40. The smallest absolute Gasteiger partial charge is 0.358 e. The second kappa shape index (κ2) is 5.80. The van der Waals surface area contributed by atoms with Crippen molar-refractivity contribution in [3.8, 4) is 0 Å². The Morgan fingerprint density at radius 2 is 1.44 bits per heavy atom.